The lowest BCUT2D eigenvalue weighted by molar-refractivity contribution is -0.133. The molecular formula is C17H23N3O3. The van der Waals surface area contributed by atoms with Gasteiger partial charge in [-0.1, -0.05) is 12.1 Å². The molecule has 1 aromatic carbocycles. The van der Waals surface area contributed by atoms with Gasteiger partial charge in [0.25, 0.3) is 0 Å². The van der Waals surface area contributed by atoms with E-state index in [4.69, 9.17) is 0 Å². The molecule has 1 aromatic heterocycles. The number of para-hydroxylation sites is 2. The molecule has 1 fully saturated rings. The number of hydrogen-bond acceptors (Lipinski definition) is 3. The highest BCUT2D eigenvalue weighted by atomic mass is 16.3. The van der Waals surface area contributed by atoms with Crippen LogP contribution in [0, 0.1) is 0 Å². The summed E-state index contributed by atoms with van der Waals surface area (Å²) in [5.41, 5.74) is 1.70. The molecule has 6 heteroatoms. The Hall–Kier alpha value is -2.08. The fourth-order valence-electron chi connectivity index (χ4n) is 3.30. The van der Waals surface area contributed by atoms with Gasteiger partial charge in [-0.3, -0.25) is 9.36 Å². The smallest absolute Gasteiger partial charge is 0.326 e. The van der Waals surface area contributed by atoms with Crippen LogP contribution < -0.4 is 5.69 Å². The number of aliphatic hydroxyl groups excluding tert-OH is 1. The highest BCUT2D eigenvalue weighted by molar-refractivity contribution is 5.76. The van der Waals surface area contributed by atoms with E-state index in [0.717, 1.165) is 23.9 Å². The van der Waals surface area contributed by atoms with Crippen LogP contribution in [0.2, 0.25) is 0 Å². The van der Waals surface area contributed by atoms with Crippen LogP contribution in [-0.2, 0) is 4.79 Å². The van der Waals surface area contributed by atoms with Crippen molar-refractivity contribution in [1.82, 2.24) is 14.5 Å². The predicted octanol–water partition coefficient (Wildman–Crippen LogP) is 1.65. The fraction of sp³-hybridized carbons (Fsp3) is 0.529. The lowest BCUT2D eigenvalue weighted by Gasteiger charge is -2.32. The molecule has 1 unspecified atom stereocenters. The van der Waals surface area contributed by atoms with Crippen LogP contribution in [0.25, 0.3) is 11.0 Å². The fourth-order valence-corrected chi connectivity index (χ4v) is 3.30. The van der Waals surface area contributed by atoms with Crippen molar-refractivity contribution in [3.63, 3.8) is 0 Å². The van der Waals surface area contributed by atoms with Gasteiger partial charge < -0.3 is 15.0 Å². The summed E-state index contributed by atoms with van der Waals surface area (Å²) in [6, 6.07) is 7.82. The number of piperidine rings is 1. The Morgan fingerprint density at radius 1 is 1.35 bits per heavy atom. The van der Waals surface area contributed by atoms with E-state index in [9.17, 15) is 14.7 Å². The lowest BCUT2D eigenvalue weighted by Crippen LogP contribution is -2.40. The lowest BCUT2D eigenvalue weighted by atomic mass is 10.0. The van der Waals surface area contributed by atoms with Crippen LogP contribution in [0.4, 0.5) is 0 Å². The average Bonchev–Trinajstić information content (AvgIpc) is 2.88. The molecule has 3 rings (SSSR count). The molecule has 2 heterocycles. The van der Waals surface area contributed by atoms with E-state index in [1.165, 1.54) is 0 Å². The number of fused-ring (bicyclic) bond motifs is 1. The Morgan fingerprint density at radius 2 is 2.04 bits per heavy atom. The Labute approximate surface area is 134 Å². The van der Waals surface area contributed by atoms with Crippen LogP contribution in [0.1, 0.15) is 38.6 Å². The molecule has 124 valence electrons. The highest BCUT2D eigenvalue weighted by Crippen LogP contribution is 2.25. The molecule has 1 atom stereocenters. The van der Waals surface area contributed by atoms with Crippen LogP contribution in [0.15, 0.2) is 29.1 Å². The second-order valence-corrected chi connectivity index (χ2v) is 6.32. The van der Waals surface area contributed by atoms with E-state index in [-0.39, 0.29) is 17.6 Å². The third-order valence-corrected chi connectivity index (χ3v) is 4.58. The van der Waals surface area contributed by atoms with Gasteiger partial charge in [0.1, 0.15) is 0 Å². The number of hydrogen-bond donors (Lipinski definition) is 2. The summed E-state index contributed by atoms with van der Waals surface area (Å²) in [5.74, 6) is 0.0932. The maximum absolute atomic E-state index is 12.2. The van der Waals surface area contributed by atoms with Crippen LogP contribution in [0.5, 0.6) is 0 Å². The van der Waals surface area contributed by atoms with Gasteiger partial charge >= 0.3 is 5.69 Å². The standard InChI is InChI=1S/C17H23N3O3/c1-12(21)6-7-16(22)19-10-8-13(9-11-19)20-15-5-3-2-4-14(15)18-17(20)23/h2-5,12-13,21H,6-11H2,1H3,(H,18,23). The minimum Gasteiger partial charge on any atom is -0.393 e. The summed E-state index contributed by atoms with van der Waals surface area (Å²) in [7, 11) is 0. The minimum absolute atomic E-state index is 0.0786. The SMILES string of the molecule is CC(O)CCC(=O)N1CCC(n2c(=O)[nH]c3ccccc32)CC1. The normalized spacial score (nSPS) is 17.6. The number of imidazole rings is 1. The van der Waals surface area contributed by atoms with Gasteiger partial charge in [0.2, 0.25) is 5.91 Å². The molecule has 0 bridgehead atoms. The molecule has 0 radical (unpaired) electrons. The minimum atomic E-state index is -0.443. The van der Waals surface area contributed by atoms with Gasteiger partial charge in [0, 0.05) is 25.6 Å². The van der Waals surface area contributed by atoms with Crippen molar-refractivity contribution in [2.24, 2.45) is 0 Å². The molecule has 0 saturated carbocycles. The number of aromatic nitrogens is 2. The number of aromatic amines is 1. The monoisotopic (exact) mass is 317 g/mol. The highest BCUT2D eigenvalue weighted by Gasteiger charge is 2.25. The third kappa shape index (κ3) is 3.32. The van der Waals surface area contributed by atoms with Crippen molar-refractivity contribution < 1.29 is 9.90 Å². The van der Waals surface area contributed by atoms with Gasteiger partial charge in [-0.05, 0) is 38.3 Å². The zero-order valence-corrected chi connectivity index (χ0v) is 13.4. The zero-order valence-electron chi connectivity index (χ0n) is 13.4. The van der Waals surface area contributed by atoms with E-state index >= 15 is 0 Å². The molecule has 23 heavy (non-hydrogen) atoms. The summed E-state index contributed by atoms with van der Waals surface area (Å²) in [6.45, 7) is 3.02. The van der Waals surface area contributed by atoms with Crippen molar-refractivity contribution in [1.29, 1.82) is 0 Å². The van der Waals surface area contributed by atoms with E-state index in [0.29, 0.717) is 25.9 Å². The number of likely N-dealkylation sites (tertiary alicyclic amines) is 1. The molecule has 6 nitrogen and oxygen atoms in total. The summed E-state index contributed by atoms with van der Waals surface area (Å²) < 4.78 is 1.83. The zero-order chi connectivity index (χ0) is 16.4. The number of nitrogens with one attached hydrogen (secondary N) is 1. The van der Waals surface area contributed by atoms with Crippen molar-refractivity contribution in [3.8, 4) is 0 Å². The first-order valence-corrected chi connectivity index (χ1v) is 8.21. The second kappa shape index (κ2) is 6.58. The molecule has 1 aliphatic heterocycles. The van der Waals surface area contributed by atoms with E-state index in [1.807, 2.05) is 33.7 Å². The number of rotatable bonds is 4. The van der Waals surface area contributed by atoms with E-state index < -0.39 is 6.10 Å². The molecule has 2 N–H and O–H groups in total. The molecular weight excluding hydrogens is 294 g/mol. The van der Waals surface area contributed by atoms with E-state index in [2.05, 4.69) is 4.98 Å². The molecule has 0 spiro atoms. The Balaban J connectivity index is 1.68. The van der Waals surface area contributed by atoms with Gasteiger partial charge in [-0.25, -0.2) is 4.79 Å². The van der Waals surface area contributed by atoms with Crippen molar-refractivity contribution in [2.75, 3.05) is 13.1 Å². The number of H-pyrrole nitrogens is 1. The Kier molecular flexibility index (Phi) is 4.52. The van der Waals surface area contributed by atoms with Crippen LogP contribution in [-0.4, -0.2) is 44.7 Å². The van der Waals surface area contributed by atoms with Crippen LogP contribution >= 0.6 is 0 Å². The molecule has 1 saturated heterocycles. The van der Waals surface area contributed by atoms with Crippen molar-refractivity contribution in [3.05, 3.63) is 34.7 Å². The summed E-state index contributed by atoms with van der Waals surface area (Å²) in [4.78, 5) is 29.1. The van der Waals surface area contributed by atoms with Crippen LogP contribution in [0.3, 0.4) is 0 Å². The van der Waals surface area contributed by atoms with Gasteiger partial charge in [0.15, 0.2) is 0 Å². The Morgan fingerprint density at radius 3 is 2.74 bits per heavy atom. The molecule has 0 aliphatic carbocycles. The van der Waals surface area contributed by atoms with Crippen molar-refractivity contribution in [2.45, 2.75) is 44.8 Å². The number of aliphatic hydroxyl groups is 1. The maximum Gasteiger partial charge on any atom is 0.326 e. The Bertz CT molecular complexity index is 739. The number of benzene rings is 1. The molecule has 1 amide bonds. The summed E-state index contributed by atoms with van der Waals surface area (Å²) in [5, 5.41) is 9.29. The number of carbonyl (C=O) groups is 1. The molecule has 2 aromatic rings. The summed E-state index contributed by atoms with van der Waals surface area (Å²) >= 11 is 0. The number of amides is 1. The quantitative estimate of drug-likeness (QED) is 0.900. The number of carbonyl (C=O) groups excluding carboxylic acids is 1. The first-order valence-electron chi connectivity index (χ1n) is 8.21. The summed E-state index contributed by atoms with van der Waals surface area (Å²) in [6.07, 6.45) is 2.00. The van der Waals surface area contributed by atoms with Gasteiger partial charge in [-0.2, -0.15) is 0 Å². The topological polar surface area (TPSA) is 78.3 Å². The van der Waals surface area contributed by atoms with Crippen molar-refractivity contribution >= 4 is 16.9 Å². The van der Waals surface area contributed by atoms with Gasteiger partial charge in [-0.15, -0.1) is 0 Å². The third-order valence-electron chi connectivity index (χ3n) is 4.58. The van der Waals surface area contributed by atoms with Gasteiger partial charge in [0.05, 0.1) is 17.1 Å². The number of nitrogens with zero attached hydrogens (tertiary/aromatic N) is 2. The first kappa shape index (κ1) is 15.8. The maximum atomic E-state index is 12.2. The second-order valence-electron chi connectivity index (χ2n) is 6.32. The largest absolute Gasteiger partial charge is 0.393 e. The predicted molar refractivity (Wildman–Crippen MR) is 88.3 cm³/mol. The van der Waals surface area contributed by atoms with E-state index in [1.54, 1.807) is 6.92 Å². The first-order chi connectivity index (χ1) is 11.1. The average molecular weight is 317 g/mol. The molecule has 1 aliphatic rings.